The number of rotatable bonds is 7. The number of imide groups is 1. The molecule has 4 rings (SSSR count). The first-order valence-electron chi connectivity index (χ1n) is 11.6. The number of thioether (sulfide) groups is 1. The predicted octanol–water partition coefficient (Wildman–Crippen LogP) is 5.97. The molecule has 2 heterocycles. The van der Waals surface area contributed by atoms with Crippen molar-refractivity contribution in [2.75, 3.05) is 26.7 Å². The fraction of sp³-hybridized carbons (Fsp3) is 0.346. The summed E-state index contributed by atoms with van der Waals surface area (Å²) in [6.45, 7) is 1.47. The first-order valence-corrected chi connectivity index (χ1v) is 13.9. The Morgan fingerprint density at radius 3 is 2.47 bits per heavy atom. The Morgan fingerprint density at radius 2 is 1.81 bits per heavy atom. The Morgan fingerprint density at radius 1 is 1.11 bits per heavy atom. The lowest BCUT2D eigenvalue weighted by Gasteiger charge is -2.22. The highest BCUT2D eigenvalue weighted by Gasteiger charge is 2.37. The molecule has 10 heteroatoms. The van der Waals surface area contributed by atoms with E-state index in [1.54, 1.807) is 36.3 Å². The molecule has 0 spiro atoms. The summed E-state index contributed by atoms with van der Waals surface area (Å²) in [7, 11) is 1.55. The lowest BCUT2D eigenvalue weighted by atomic mass is 10.1. The molecule has 7 nitrogen and oxygen atoms in total. The maximum atomic E-state index is 13.0. The molecular formula is C26H26ClIN2O5S. The van der Waals surface area contributed by atoms with Crippen molar-refractivity contribution in [2.45, 2.75) is 32.3 Å². The fourth-order valence-corrected chi connectivity index (χ4v) is 5.79. The van der Waals surface area contributed by atoms with Crippen LogP contribution in [0.25, 0.3) is 6.08 Å². The van der Waals surface area contributed by atoms with Crippen molar-refractivity contribution < 1.29 is 23.9 Å². The largest absolute Gasteiger partial charge is 0.493 e. The number of hydrogen-bond donors (Lipinski definition) is 0. The molecule has 0 unspecified atom stereocenters. The summed E-state index contributed by atoms with van der Waals surface area (Å²) >= 11 is 8.94. The number of carbonyl (C=O) groups is 3. The lowest BCUT2D eigenvalue weighted by molar-refractivity contribution is -0.135. The van der Waals surface area contributed by atoms with Gasteiger partial charge in [0.15, 0.2) is 11.5 Å². The van der Waals surface area contributed by atoms with Crippen LogP contribution in [0, 0.1) is 3.57 Å². The summed E-state index contributed by atoms with van der Waals surface area (Å²) < 4.78 is 12.3. The third kappa shape index (κ3) is 6.54. The van der Waals surface area contributed by atoms with E-state index in [1.165, 1.54) is 0 Å². The standard InChI is InChI=1S/C26H26ClIN2O5S/c1-34-21-13-18(12-20(28)24(21)35-16-17-6-8-19(27)9-7-17)14-22-25(32)30(26(33)36-22)15-23(31)29-10-4-2-3-5-11-29/h6-9,12-14H,2-5,10-11,15-16H2,1H3. The van der Waals surface area contributed by atoms with Gasteiger partial charge in [-0.2, -0.15) is 0 Å². The fourth-order valence-electron chi connectivity index (χ4n) is 4.04. The minimum atomic E-state index is -0.454. The van der Waals surface area contributed by atoms with Crippen molar-refractivity contribution in [2.24, 2.45) is 0 Å². The predicted molar refractivity (Wildman–Crippen MR) is 149 cm³/mol. The second-order valence-electron chi connectivity index (χ2n) is 8.51. The van der Waals surface area contributed by atoms with Gasteiger partial charge in [-0.05, 0) is 88.7 Å². The minimum Gasteiger partial charge on any atom is -0.493 e. The van der Waals surface area contributed by atoms with Crippen LogP contribution in [0.15, 0.2) is 41.3 Å². The van der Waals surface area contributed by atoms with E-state index in [0.717, 1.165) is 51.5 Å². The molecule has 0 N–H and O–H groups in total. The molecule has 2 aliphatic heterocycles. The molecule has 0 radical (unpaired) electrons. The number of ether oxygens (including phenoxy) is 2. The van der Waals surface area contributed by atoms with Gasteiger partial charge in [-0.3, -0.25) is 19.3 Å². The molecule has 2 aromatic rings. The van der Waals surface area contributed by atoms with Crippen LogP contribution >= 0.6 is 46.0 Å². The average molecular weight is 641 g/mol. The number of nitrogens with zero attached hydrogens (tertiary/aromatic N) is 2. The Kier molecular flexibility index (Phi) is 9.19. The van der Waals surface area contributed by atoms with Crippen LogP contribution in [-0.4, -0.2) is 53.6 Å². The highest BCUT2D eigenvalue weighted by molar-refractivity contribution is 14.1. The molecule has 190 valence electrons. The molecule has 3 amide bonds. The first kappa shape index (κ1) is 26.8. The second kappa shape index (κ2) is 12.3. The number of amides is 3. The van der Waals surface area contributed by atoms with E-state index in [0.29, 0.717) is 41.8 Å². The molecule has 2 fully saturated rings. The quantitative estimate of drug-likeness (QED) is 0.274. The highest BCUT2D eigenvalue weighted by Crippen LogP contribution is 2.37. The third-order valence-electron chi connectivity index (χ3n) is 5.97. The smallest absolute Gasteiger partial charge is 0.294 e. The van der Waals surface area contributed by atoms with Gasteiger partial charge >= 0.3 is 0 Å². The topological polar surface area (TPSA) is 76.2 Å². The van der Waals surface area contributed by atoms with E-state index in [1.807, 2.05) is 18.2 Å². The van der Waals surface area contributed by atoms with E-state index < -0.39 is 11.1 Å². The molecule has 0 atom stereocenters. The Hall–Kier alpha value is -2.24. The maximum Gasteiger partial charge on any atom is 0.294 e. The molecule has 0 aliphatic carbocycles. The van der Waals surface area contributed by atoms with Gasteiger partial charge in [-0.15, -0.1) is 0 Å². The van der Waals surface area contributed by atoms with Crippen LogP contribution in [0.3, 0.4) is 0 Å². The number of carbonyl (C=O) groups excluding carboxylic acids is 3. The van der Waals surface area contributed by atoms with E-state index in [2.05, 4.69) is 22.6 Å². The lowest BCUT2D eigenvalue weighted by Crippen LogP contribution is -2.42. The van der Waals surface area contributed by atoms with E-state index in [4.69, 9.17) is 21.1 Å². The molecule has 0 aromatic heterocycles. The molecule has 36 heavy (non-hydrogen) atoms. The van der Waals surface area contributed by atoms with Gasteiger partial charge in [0.25, 0.3) is 11.1 Å². The summed E-state index contributed by atoms with van der Waals surface area (Å²) in [6.07, 6.45) is 5.75. The van der Waals surface area contributed by atoms with Crippen molar-refractivity contribution >= 4 is 69.1 Å². The summed E-state index contributed by atoms with van der Waals surface area (Å²) in [5.74, 6) is 0.461. The highest BCUT2D eigenvalue weighted by atomic mass is 127. The van der Waals surface area contributed by atoms with Gasteiger partial charge in [-0.25, -0.2) is 0 Å². The number of hydrogen-bond acceptors (Lipinski definition) is 6. The van der Waals surface area contributed by atoms with Crippen molar-refractivity contribution in [3.05, 3.63) is 61.0 Å². The van der Waals surface area contributed by atoms with Gasteiger partial charge in [0.1, 0.15) is 13.2 Å². The average Bonchev–Trinajstić information content (AvgIpc) is 3.05. The number of methoxy groups -OCH3 is 1. The molecule has 0 saturated carbocycles. The monoisotopic (exact) mass is 640 g/mol. The van der Waals surface area contributed by atoms with Crippen LogP contribution in [0.5, 0.6) is 11.5 Å². The summed E-state index contributed by atoms with van der Waals surface area (Å²) in [5, 5.41) is 0.227. The van der Waals surface area contributed by atoms with E-state index in [9.17, 15) is 14.4 Å². The zero-order valence-corrected chi connectivity index (χ0v) is 23.5. The maximum absolute atomic E-state index is 13.0. The Bertz CT molecular complexity index is 1180. The van der Waals surface area contributed by atoms with Crippen LogP contribution in [0.2, 0.25) is 5.02 Å². The molecule has 0 bridgehead atoms. The van der Waals surface area contributed by atoms with Gasteiger partial charge in [0.05, 0.1) is 15.6 Å². The van der Waals surface area contributed by atoms with Crippen molar-refractivity contribution in [3.8, 4) is 11.5 Å². The normalized spacial score (nSPS) is 17.5. The molecule has 2 aromatic carbocycles. The summed E-state index contributed by atoms with van der Waals surface area (Å²) in [6, 6.07) is 11.0. The summed E-state index contributed by atoms with van der Waals surface area (Å²) in [4.78, 5) is 41.3. The van der Waals surface area contributed by atoms with Gasteiger partial charge in [0.2, 0.25) is 5.91 Å². The van der Waals surface area contributed by atoms with Gasteiger partial charge in [-0.1, -0.05) is 36.6 Å². The van der Waals surface area contributed by atoms with Gasteiger partial charge < -0.3 is 14.4 Å². The number of benzene rings is 2. The zero-order valence-electron chi connectivity index (χ0n) is 19.8. The number of halogens is 2. The third-order valence-corrected chi connectivity index (χ3v) is 7.93. The van der Waals surface area contributed by atoms with E-state index >= 15 is 0 Å². The number of likely N-dealkylation sites (tertiary alicyclic amines) is 1. The van der Waals surface area contributed by atoms with Crippen LogP contribution in [-0.2, 0) is 16.2 Å². The molecular weight excluding hydrogens is 615 g/mol. The molecule has 2 saturated heterocycles. The van der Waals surface area contributed by atoms with Crippen LogP contribution < -0.4 is 9.47 Å². The summed E-state index contributed by atoms with van der Waals surface area (Å²) in [5.41, 5.74) is 1.66. The zero-order chi connectivity index (χ0) is 25.7. The van der Waals surface area contributed by atoms with Crippen LogP contribution in [0.1, 0.15) is 36.8 Å². The first-order chi connectivity index (χ1) is 17.4. The van der Waals surface area contributed by atoms with Crippen molar-refractivity contribution in [1.29, 1.82) is 0 Å². The SMILES string of the molecule is COc1cc(C=C2SC(=O)N(CC(=O)N3CCCCCC3)C2=O)cc(I)c1OCc1ccc(Cl)cc1. The van der Waals surface area contributed by atoms with Crippen molar-refractivity contribution in [1.82, 2.24) is 9.80 Å². The minimum absolute atomic E-state index is 0.182. The Labute approximate surface area is 233 Å². The second-order valence-corrected chi connectivity index (χ2v) is 11.1. The van der Waals surface area contributed by atoms with Crippen molar-refractivity contribution in [3.63, 3.8) is 0 Å². The van der Waals surface area contributed by atoms with E-state index in [-0.39, 0.29) is 17.4 Å². The van der Waals surface area contributed by atoms with Gasteiger partial charge in [0, 0.05) is 18.1 Å². The van der Waals surface area contributed by atoms with Crippen LogP contribution in [0.4, 0.5) is 4.79 Å². The Balaban J connectivity index is 1.47. The molecule has 2 aliphatic rings.